The van der Waals surface area contributed by atoms with E-state index < -0.39 is 0 Å². The van der Waals surface area contributed by atoms with Crippen molar-refractivity contribution >= 4 is 43.9 Å². The zero-order valence-electron chi connectivity index (χ0n) is 35.4. The predicted molar refractivity (Wildman–Crippen MR) is 248 cm³/mol. The zero-order valence-corrected chi connectivity index (χ0v) is 37.6. The summed E-state index contributed by atoms with van der Waals surface area (Å²) >= 11 is 0. The number of aryl methyl sites for hydroxylation is 1. The number of pyridine rings is 1. The number of nitrogens with zero attached hydrogens (tertiary/aromatic N) is 3. The molecule has 10 aromatic rings. The quantitative estimate of drug-likeness (QED) is 0.175. The van der Waals surface area contributed by atoms with E-state index in [-0.39, 0.29) is 37.6 Å². The summed E-state index contributed by atoms with van der Waals surface area (Å²) in [5, 5.41) is 14.8. The Morgan fingerprint density at radius 3 is 2.08 bits per heavy atom. The third kappa shape index (κ3) is 6.95. The molecule has 0 saturated carbocycles. The van der Waals surface area contributed by atoms with Crippen LogP contribution in [0.25, 0.3) is 94.3 Å². The fraction of sp³-hybridized carbons (Fsp3) is 0.164. The molecule has 0 radical (unpaired) electrons. The first-order chi connectivity index (χ1) is 28.8. The van der Waals surface area contributed by atoms with E-state index in [1.54, 1.807) is 6.07 Å². The van der Waals surface area contributed by atoms with Crippen LogP contribution in [0.5, 0.6) is 5.75 Å². The smallest absolute Gasteiger partial charge is 0.139 e. The molecule has 1 N–H and O–H groups in total. The molecule has 0 bridgehead atoms. The van der Waals surface area contributed by atoms with Gasteiger partial charge in [-0.2, -0.15) is 0 Å². The van der Waals surface area contributed by atoms with E-state index >= 15 is 0 Å². The molecular weight excluding hydrogens is 930 g/mol. The monoisotopic (exact) mass is 975 g/mol. The van der Waals surface area contributed by atoms with Gasteiger partial charge in [0.1, 0.15) is 16.9 Å². The van der Waals surface area contributed by atoms with Crippen molar-refractivity contribution in [3.05, 3.63) is 168 Å². The van der Waals surface area contributed by atoms with Crippen LogP contribution in [0.3, 0.4) is 0 Å². The maximum atomic E-state index is 11.7. The predicted octanol–water partition coefficient (Wildman–Crippen LogP) is 14.5. The number of fused-ring (bicyclic) bond motifs is 5. The minimum absolute atomic E-state index is 0. The molecule has 3 aromatic heterocycles. The van der Waals surface area contributed by atoms with Gasteiger partial charge in [0.25, 0.3) is 0 Å². The number of aromatic hydroxyl groups is 1. The summed E-state index contributed by atoms with van der Waals surface area (Å²) in [4.78, 5) is 10.5. The van der Waals surface area contributed by atoms with E-state index in [1.165, 1.54) is 16.7 Å². The molecule has 0 atom stereocenters. The first kappa shape index (κ1) is 40.1. The van der Waals surface area contributed by atoms with Crippen LogP contribution in [0.2, 0.25) is 0 Å². The van der Waals surface area contributed by atoms with Crippen LogP contribution in [-0.4, -0.2) is 19.6 Å². The normalized spacial score (nSPS) is 12.1. The van der Waals surface area contributed by atoms with Gasteiger partial charge in [-0.05, 0) is 81.8 Å². The fourth-order valence-electron chi connectivity index (χ4n) is 8.55. The van der Waals surface area contributed by atoms with Crippen molar-refractivity contribution < 1.29 is 30.6 Å². The molecular formula is C55H46N3O2Pt-. The molecule has 304 valence electrons. The van der Waals surface area contributed by atoms with E-state index in [0.717, 1.165) is 83.2 Å². The van der Waals surface area contributed by atoms with Gasteiger partial charge in [0.2, 0.25) is 0 Å². The molecule has 0 aliphatic heterocycles. The second-order valence-corrected chi connectivity index (χ2v) is 18.0. The van der Waals surface area contributed by atoms with Crippen molar-refractivity contribution in [1.82, 2.24) is 14.5 Å². The van der Waals surface area contributed by atoms with Gasteiger partial charge in [0.05, 0.1) is 16.9 Å². The number of rotatable bonds is 5. The Labute approximate surface area is 371 Å². The van der Waals surface area contributed by atoms with E-state index in [0.29, 0.717) is 11.1 Å². The Bertz CT molecular complexity index is 3310. The number of aromatic nitrogens is 3. The van der Waals surface area contributed by atoms with E-state index in [2.05, 4.69) is 162 Å². The van der Waals surface area contributed by atoms with E-state index in [1.807, 2.05) is 36.5 Å². The Morgan fingerprint density at radius 2 is 1.30 bits per heavy atom. The molecule has 3 heterocycles. The summed E-state index contributed by atoms with van der Waals surface area (Å²) in [6, 6.07) is 52.2. The van der Waals surface area contributed by atoms with Crippen molar-refractivity contribution in [2.75, 3.05) is 0 Å². The van der Waals surface area contributed by atoms with Gasteiger partial charge in [0, 0.05) is 72.0 Å². The number of phenolic OH excluding ortho intramolecular Hbond substituents is 1. The van der Waals surface area contributed by atoms with Gasteiger partial charge in [0.15, 0.2) is 0 Å². The topological polar surface area (TPSA) is 64.1 Å². The van der Waals surface area contributed by atoms with Crippen molar-refractivity contribution in [3.8, 4) is 56.2 Å². The molecule has 0 saturated heterocycles. The third-order valence-electron chi connectivity index (χ3n) is 11.9. The van der Waals surface area contributed by atoms with Crippen LogP contribution in [0.1, 0.15) is 58.2 Å². The Hall–Kier alpha value is -6.29. The molecule has 7 aromatic carbocycles. The van der Waals surface area contributed by atoms with Crippen LogP contribution in [0.15, 0.2) is 150 Å². The molecule has 0 spiro atoms. The summed E-state index contributed by atoms with van der Waals surface area (Å²) in [5.74, 6) is 0.876. The Morgan fingerprint density at radius 1 is 0.574 bits per heavy atom. The Balaban J connectivity index is 0.00000476. The van der Waals surface area contributed by atoms with E-state index in [9.17, 15) is 5.11 Å². The van der Waals surface area contributed by atoms with Crippen LogP contribution in [0.4, 0.5) is 0 Å². The van der Waals surface area contributed by atoms with Gasteiger partial charge >= 0.3 is 0 Å². The number of hydrogen-bond donors (Lipinski definition) is 1. The van der Waals surface area contributed by atoms with Crippen molar-refractivity contribution in [2.45, 2.75) is 59.3 Å². The SMILES string of the molecule is Cc1ccnc2c(-c3[c-]c(-c4nc5c(-c6cc7c(cc6O)oc6ccccc67)cccc5n4-c4ccc(C(C)(C)C)cc4-c4ccccc4)ccc3)cc(C(C)(C)C)cc12.[Pt]. The molecule has 10 rings (SSSR count). The molecule has 61 heavy (non-hydrogen) atoms. The van der Waals surface area contributed by atoms with Crippen LogP contribution in [0, 0.1) is 13.0 Å². The first-order valence-corrected chi connectivity index (χ1v) is 20.6. The second-order valence-electron chi connectivity index (χ2n) is 18.0. The number of hydrogen-bond acceptors (Lipinski definition) is 4. The van der Waals surface area contributed by atoms with Gasteiger partial charge in [-0.25, -0.2) is 0 Å². The maximum absolute atomic E-state index is 11.7. The minimum atomic E-state index is -0.0718. The standard InChI is InChI=1S/C55H46N3O2.Pt/c1-33-25-26-56-51-41(33)29-38(55(5,6)7)30-43(51)35-17-13-18-36(27-35)53-57-52-40(44-31-45-39-19-11-12-22-49(39)60-50(45)32-48(44)59)20-14-21-47(52)58(53)46-24-23-37(54(2,3)4)28-42(46)34-15-9-8-10-16-34;/h8-26,28-32,59H,1-7H3;/q-1;. The molecule has 0 unspecified atom stereocenters. The molecule has 0 aliphatic carbocycles. The van der Waals surface area contributed by atoms with Crippen molar-refractivity contribution in [3.63, 3.8) is 0 Å². The zero-order chi connectivity index (χ0) is 41.5. The van der Waals surface area contributed by atoms with Crippen molar-refractivity contribution in [2.24, 2.45) is 0 Å². The largest absolute Gasteiger partial charge is 0.507 e. The van der Waals surface area contributed by atoms with Gasteiger partial charge in [-0.15, -0.1) is 29.8 Å². The average Bonchev–Trinajstić information content (AvgIpc) is 3.81. The molecule has 6 heteroatoms. The van der Waals surface area contributed by atoms with Gasteiger partial charge in [-0.1, -0.05) is 132 Å². The van der Waals surface area contributed by atoms with Crippen molar-refractivity contribution in [1.29, 1.82) is 0 Å². The number of imidazole rings is 1. The van der Waals surface area contributed by atoms with Crippen LogP contribution in [-0.2, 0) is 31.9 Å². The number of phenols is 1. The van der Waals surface area contributed by atoms with E-state index in [4.69, 9.17) is 14.4 Å². The van der Waals surface area contributed by atoms with Gasteiger partial charge in [-0.3, -0.25) is 9.97 Å². The average molecular weight is 976 g/mol. The van der Waals surface area contributed by atoms with Crippen LogP contribution < -0.4 is 0 Å². The molecule has 0 fully saturated rings. The minimum Gasteiger partial charge on any atom is -0.507 e. The van der Waals surface area contributed by atoms with Crippen LogP contribution >= 0.6 is 0 Å². The number of para-hydroxylation sites is 2. The third-order valence-corrected chi connectivity index (χ3v) is 11.9. The van der Waals surface area contributed by atoms with Gasteiger partial charge < -0.3 is 14.1 Å². The summed E-state index contributed by atoms with van der Waals surface area (Å²) < 4.78 is 8.43. The number of benzene rings is 7. The Kier molecular flexibility index (Phi) is 9.87. The summed E-state index contributed by atoms with van der Waals surface area (Å²) in [6.07, 6.45) is 1.90. The number of furan rings is 1. The fourth-order valence-corrected chi connectivity index (χ4v) is 8.55. The second kappa shape index (κ2) is 15.0. The maximum Gasteiger partial charge on any atom is 0.139 e. The molecule has 0 amide bonds. The molecule has 5 nitrogen and oxygen atoms in total. The summed E-state index contributed by atoms with van der Waals surface area (Å²) in [7, 11) is 0. The molecule has 0 aliphatic rings. The summed E-state index contributed by atoms with van der Waals surface area (Å²) in [5.41, 5.74) is 15.1. The summed E-state index contributed by atoms with van der Waals surface area (Å²) in [6.45, 7) is 15.7. The first-order valence-electron chi connectivity index (χ1n) is 20.6.